The largest absolute Gasteiger partial charge is 0.414 e. The Hall–Kier alpha value is -0.540. The molecule has 0 aromatic rings. The lowest BCUT2D eigenvalue weighted by Crippen LogP contribution is -2.31. The fourth-order valence-corrected chi connectivity index (χ4v) is 0.897. The summed E-state index contributed by atoms with van der Waals surface area (Å²) in [6, 6.07) is 0. The maximum Gasteiger partial charge on any atom is 0.107 e. The molecular weight excluding hydrogens is 130 g/mol. The number of hydroxylamine groups is 2. The van der Waals surface area contributed by atoms with Crippen molar-refractivity contribution in [1.82, 2.24) is 5.06 Å². The van der Waals surface area contributed by atoms with E-state index in [0.717, 1.165) is 13.0 Å². The van der Waals surface area contributed by atoms with E-state index < -0.39 is 0 Å². The topological polar surface area (TPSA) is 32.7 Å². The molecule has 0 aromatic carbocycles. The van der Waals surface area contributed by atoms with Crippen molar-refractivity contribution < 1.29 is 9.94 Å². The van der Waals surface area contributed by atoms with Gasteiger partial charge in [-0.05, 0) is 19.4 Å². The van der Waals surface area contributed by atoms with Gasteiger partial charge in [-0.2, -0.15) is 0 Å². The number of aliphatic hydroxyl groups is 1. The second kappa shape index (κ2) is 3.58. The van der Waals surface area contributed by atoms with Gasteiger partial charge in [0.15, 0.2) is 0 Å². The van der Waals surface area contributed by atoms with Crippen molar-refractivity contribution in [3.8, 4) is 0 Å². The summed E-state index contributed by atoms with van der Waals surface area (Å²) in [7, 11) is 0. The van der Waals surface area contributed by atoms with Crippen LogP contribution in [0.2, 0.25) is 0 Å². The number of β-amino-alcohol motifs (C(OH)–C–C–N with tert-alkyl or cyclic N) is 1. The third-order valence-electron chi connectivity index (χ3n) is 1.32. The third kappa shape index (κ3) is 2.37. The number of aliphatic hydroxyl groups excluding tert-OH is 1. The quantitative estimate of drug-likeness (QED) is 0.611. The summed E-state index contributed by atoms with van der Waals surface area (Å²) in [4.78, 5) is 5.08. The molecule has 1 aliphatic heterocycles. The molecule has 58 valence electrons. The summed E-state index contributed by atoms with van der Waals surface area (Å²) in [5, 5.41) is 10.7. The zero-order valence-electron chi connectivity index (χ0n) is 6.16. The van der Waals surface area contributed by atoms with Gasteiger partial charge >= 0.3 is 0 Å². The first kappa shape index (κ1) is 7.57. The highest BCUT2D eigenvalue weighted by Crippen LogP contribution is 2.02. The van der Waals surface area contributed by atoms with E-state index in [2.05, 4.69) is 0 Å². The Bertz CT molecular complexity index is 123. The molecule has 0 aliphatic carbocycles. The predicted octanol–water partition coefficient (Wildman–Crippen LogP) is 0.518. The maximum absolute atomic E-state index is 8.96. The lowest BCUT2D eigenvalue weighted by molar-refractivity contribution is -0.127. The molecule has 0 bridgehead atoms. The van der Waals surface area contributed by atoms with Crippen LogP contribution < -0.4 is 0 Å². The van der Waals surface area contributed by atoms with Gasteiger partial charge in [-0.1, -0.05) is 0 Å². The van der Waals surface area contributed by atoms with Crippen LogP contribution in [-0.2, 0) is 4.84 Å². The summed E-state index contributed by atoms with van der Waals surface area (Å²) in [6.07, 6.45) is 4.32. The van der Waals surface area contributed by atoms with Crippen LogP contribution in [0.15, 0.2) is 12.3 Å². The molecule has 3 heteroatoms. The molecule has 0 radical (unpaired) electrons. The Kier molecular flexibility index (Phi) is 2.71. The van der Waals surface area contributed by atoms with Gasteiger partial charge < -0.3 is 9.94 Å². The molecule has 1 aliphatic rings. The lowest BCUT2D eigenvalue weighted by Gasteiger charge is -2.23. The van der Waals surface area contributed by atoms with Crippen molar-refractivity contribution in [2.24, 2.45) is 0 Å². The number of rotatable bonds is 2. The fraction of sp³-hybridized carbons (Fsp3) is 0.714. The molecule has 0 amide bonds. The highest BCUT2D eigenvalue weighted by molar-refractivity contribution is 4.78. The normalized spacial score (nSPS) is 22.2. The van der Waals surface area contributed by atoms with Crippen LogP contribution in [0.1, 0.15) is 13.3 Å². The molecule has 0 saturated carbocycles. The molecule has 1 N–H and O–H groups in total. The van der Waals surface area contributed by atoms with Crippen molar-refractivity contribution in [2.75, 3.05) is 13.1 Å². The molecule has 1 heterocycles. The second-order valence-electron chi connectivity index (χ2n) is 2.50. The fourth-order valence-electron chi connectivity index (χ4n) is 0.897. The minimum atomic E-state index is -0.313. The highest BCUT2D eigenvalue weighted by Gasteiger charge is 2.08. The molecule has 0 fully saturated rings. The Morgan fingerprint density at radius 1 is 1.80 bits per heavy atom. The van der Waals surface area contributed by atoms with Crippen LogP contribution in [0.3, 0.4) is 0 Å². The monoisotopic (exact) mass is 143 g/mol. The minimum absolute atomic E-state index is 0.313. The zero-order valence-corrected chi connectivity index (χ0v) is 6.16. The van der Waals surface area contributed by atoms with Crippen molar-refractivity contribution in [3.63, 3.8) is 0 Å². The standard InChI is InChI=1S/C7H13NO2/c1-7(9)6-8-4-2-3-5-10-8/h3,5,7,9H,2,4,6H2,1H3. The lowest BCUT2D eigenvalue weighted by atomic mass is 10.3. The summed E-state index contributed by atoms with van der Waals surface area (Å²) in [6.45, 7) is 3.22. The van der Waals surface area contributed by atoms with Crippen LogP contribution in [0, 0.1) is 0 Å². The van der Waals surface area contributed by atoms with E-state index >= 15 is 0 Å². The molecule has 1 atom stereocenters. The van der Waals surface area contributed by atoms with Crippen LogP contribution in [0.5, 0.6) is 0 Å². The van der Waals surface area contributed by atoms with Crippen molar-refractivity contribution in [2.45, 2.75) is 19.4 Å². The van der Waals surface area contributed by atoms with Crippen molar-refractivity contribution in [1.29, 1.82) is 0 Å². The number of hydrogen-bond acceptors (Lipinski definition) is 3. The first-order valence-electron chi connectivity index (χ1n) is 3.54. The van der Waals surface area contributed by atoms with Crippen LogP contribution >= 0.6 is 0 Å². The van der Waals surface area contributed by atoms with E-state index in [1.54, 1.807) is 18.2 Å². The predicted molar refractivity (Wildman–Crippen MR) is 38.1 cm³/mol. The van der Waals surface area contributed by atoms with Gasteiger partial charge in [0.05, 0.1) is 12.6 Å². The van der Waals surface area contributed by atoms with Gasteiger partial charge in [0.2, 0.25) is 0 Å². The molecule has 0 spiro atoms. The third-order valence-corrected chi connectivity index (χ3v) is 1.32. The van der Waals surface area contributed by atoms with Gasteiger partial charge in [0.1, 0.15) is 6.26 Å². The molecule has 0 aromatic heterocycles. The van der Waals surface area contributed by atoms with Gasteiger partial charge in [-0.25, -0.2) is 0 Å². The van der Waals surface area contributed by atoms with Crippen LogP contribution in [-0.4, -0.2) is 29.4 Å². The minimum Gasteiger partial charge on any atom is -0.414 e. The number of hydrogen-bond donors (Lipinski definition) is 1. The van der Waals surface area contributed by atoms with E-state index in [-0.39, 0.29) is 6.10 Å². The molecule has 10 heavy (non-hydrogen) atoms. The maximum atomic E-state index is 8.96. The van der Waals surface area contributed by atoms with Crippen LogP contribution in [0.25, 0.3) is 0 Å². The van der Waals surface area contributed by atoms with E-state index in [1.165, 1.54) is 0 Å². The Balaban J connectivity index is 2.22. The SMILES string of the molecule is CC(O)CN1CCC=CO1. The zero-order chi connectivity index (χ0) is 7.40. The van der Waals surface area contributed by atoms with Gasteiger partial charge in [0, 0.05) is 6.54 Å². The molecule has 1 rings (SSSR count). The summed E-state index contributed by atoms with van der Waals surface area (Å²) >= 11 is 0. The van der Waals surface area contributed by atoms with Crippen LogP contribution in [0.4, 0.5) is 0 Å². The van der Waals surface area contributed by atoms with Crippen molar-refractivity contribution >= 4 is 0 Å². The average molecular weight is 143 g/mol. The van der Waals surface area contributed by atoms with E-state index in [9.17, 15) is 0 Å². The van der Waals surface area contributed by atoms with Gasteiger partial charge in [-0.15, -0.1) is 5.06 Å². The van der Waals surface area contributed by atoms with E-state index in [1.807, 2.05) is 6.08 Å². The van der Waals surface area contributed by atoms with Crippen molar-refractivity contribution in [3.05, 3.63) is 12.3 Å². The first-order chi connectivity index (χ1) is 4.79. The molecule has 3 nitrogen and oxygen atoms in total. The molecular formula is C7H13NO2. The molecule has 1 unspecified atom stereocenters. The Morgan fingerprint density at radius 3 is 3.10 bits per heavy atom. The summed E-state index contributed by atoms with van der Waals surface area (Å²) < 4.78 is 0. The Morgan fingerprint density at radius 2 is 2.60 bits per heavy atom. The number of nitrogens with zero attached hydrogens (tertiary/aromatic N) is 1. The van der Waals surface area contributed by atoms with Gasteiger partial charge in [0.25, 0.3) is 0 Å². The molecule has 0 saturated heterocycles. The van der Waals surface area contributed by atoms with E-state index in [0.29, 0.717) is 6.54 Å². The average Bonchev–Trinajstić information content (AvgIpc) is 1.88. The van der Waals surface area contributed by atoms with Gasteiger partial charge in [-0.3, -0.25) is 0 Å². The highest BCUT2D eigenvalue weighted by atomic mass is 16.7. The van der Waals surface area contributed by atoms with E-state index in [4.69, 9.17) is 9.94 Å². The summed E-state index contributed by atoms with van der Waals surface area (Å²) in [5.74, 6) is 0. The Labute approximate surface area is 60.9 Å². The first-order valence-corrected chi connectivity index (χ1v) is 3.54. The second-order valence-corrected chi connectivity index (χ2v) is 2.50. The smallest absolute Gasteiger partial charge is 0.107 e. The summed E-state index contributed by atoms with van der Waals surface area (Å²) in [5.41, 5.74) is 0.